The Balaban J connectivity index is 1.21. The Bertz CT molecular complexity index is 1030. The van der Waals surface area contributed by atoms with Crippen LogP contribution in [0.5, 0.6) is 0 Å². The highest BCUT2D eigenvalue weighted by Crippen LogP contribution is 2.28. The standard InChI is InChI=1S/C25H24FN3O/c26-22-6-3-7-24(16-22)27-12-14-28(15-13-27)25(30)19-8-10-23(11-9-19)29-17-20-4-1-2-5-21(20)18-29/h1-11,16H,12-15,17-18H2. The second-order valence-corrected chi connectivity index (χ2v) is 7.93. The molecule has 4 nitrogen and oxygen atoms in total. The molecule has 3 aromatic rings. The second-order valence-electron chi connectivity index (χ2n) is 7.93. The Morgan fingerprint density at radius 3 is 2.00 bits per heavy atom. The van der Waals surface area contributed by atoms with Crippen LogP contribution < -0.4 is 9.80 Å². The lowest BCUT2D eigenvalue weighted by Crippen LogP contribution is -2.48. The van der Waals surface area contributed by atoms with Gasteiger partial charge in [0, 0.05) is 56.2 Å². The lowest BCUT2D eigenvalue weighted by Gasteiger charge is -2.36. The zero-order chi connectivity index (χ0) is 20.5. The molecule has 1 saturated heterocycles. The van der Waals surface area contributed by atoms with Crippen LogP contribution in [0.15, 0.2) is 72.8 Å². The van der Waals surface area contributed by atoms with E-state index in [0.717, 1.165) is 30.0 Å². The van der Waals surface area contributed by atoms with Crippen molar-refractivity contribution in [3.05, 3.63) is 95.3 Å². The zero-order valence-corrected chi connectivity index (χ0v) is 16.8. The van der Waals surface area contributed by atoms with Crippen molar-refractivity contribution < 1.29 is 9.18 Å². The van der Waals surface area contributed by atoms with Gasteiger partial charge in [0.15, 0.2) is 0 Å². The highest BCUT2D eigenvalue weighted by Gasteiger charge is 2.23. The fraction of sp³-hybridized carbons (Fsp3) is 0.240. The number of amides is 1. The Labute approximate surface area is 176 Å². The molecule has 0 spiro atoms. The van der Waals surface area contributed by atoms with Crippen LogP contribution in [0, 0.1) is 5.82 Å². The first-order valence-electron chi connectivity index (χ1n) is 10.4. The molecule has 0 saturated carbocycles. The average molecular weight is 401 g/mol. The summed E-state index contributed by atoms with van der Waals surface area (Å²) in [7, 11) is 0. The first-order chi connectivity index (χ1) is 14.7. The number of carbonyl (C=O) groups excluding carboxylic acids is 1. The molecule has 0 aromatic heterocycles. The molecule has 5 heteroatoms. The van der Waals surface area contributed by atoms with Gasteiger partial charge in [-0.25, -0.2) is 4.39 Å². The van der Waals surface area contributed by atoms with Gasteiger partial charge in [0.2, 0.25) is 0 Å². The van der Waals surface area contributed by atoms with E-state index >= 15 is 0 Å². The highest BCUT2D eigenvalue weighted by atomic mass is 19.1. The largest absolute Gasteiger partial charge is 0.368 e. The van der Waals surface area contributed by atoms with E-state index in [-0.39, 0.29) is 11.7 Å². The second kappa shape index (κ2) is 7.82. The van der Waals surface area contributed by atoms with Crippen molar-refractivity contribution in [3.8, 4) is 0 Å². The Morgan fingerprint density at radius 1 is 0.700 bits per heavy atom. The zero-order valence-electron chi connectivity index (χ0n) is 16.8. The third kappa shape index (κ3) is 3.63. The summed E-state index contributed by atoms with van der Waals surface area (Å²) >= 11 is 0. The molecule has 0 N–H and O–H groups in total. The molecule has 5 rings (SSSR count). The van der Waals surface area contributed by atoms with E-state index in [0.29, 0.717) is 26.2 Å². The van der Waals surface area contributed by atoms with Crippen LogP contribution in [0.1, 0.15) is 21.5 Å². The van der Waals surface area contributed by atoms with Crippen molar-refractivity contribution in [3.63, 3.8) is 0 Å². The van der Waals surface area contributed by atoms with Crippen LogP contribution in [0.2, 0.25) is 0 Å². The van der Waals surface area contributed by atoms with Crippen LogP contribution in [-0.2, 0) is 13.1 Å². The van der Waals surface area contributed by atoms with Crippen molar-refractivity contribution in [2.75, 3.05) is 36.0 Å². The molecule has 0 radical (unpaired) electrons. The van der Waals surface area contributed by atoms with Crippen LogP contribution >= 0.6 is 0 Å². The number of carbonyl (C=O) groups is 1. The van der Waals surface area contributed by atoms with E-state index in [9.17, 15) is 9.18 Å². The van der Waals surface area contributed by atoms with Gasteiger partial charge >= 0.3 is 0 Å². The predicted molar refractivity (Wildman–Crippen MR) is 117 cm³/mol. The van der Waals surface area contributed by atoms with E-state index < -0.39 is 0 Å². The molecule has 0 bridgehead atoms. The number of piperazine rings is 1. The first-order valence-corrected chi connectivity index (χ1v) is 10.4. The summed E-state index contributed by atoms with van der Waals surface area (Å²) in [6.45, 7) is 4.51. The van der Waals surface area contributed by atoms with Crippen LogP contribution in [-0.4, -0.2) is 37.0 Å². The third-order valence-electron chi connectivity index (χ3n) is 6.06. The molecule has 2 aliphatic heterocycles. The molecule has 3 aromatic carbocycles. The highest BCUT2D eigenvalue weighted by molar-refractivity contribution is 5.94. The Hall–Kier alpha value is -3.34. The molecular weight excluding hydrogens is 377 g/mol. The van der Waals surface area contributed by atoms with Gasteiger partial charge in [-0.05, 0) is 53.6 Å². The van der Waals surface area contributed by atoms with Gasteiger partial charge in [0.25, 0.3) is 5.91 Å². The molecule has 1 fully saturated rings. The minimum atomic E-state index is -0.229. The molecule has 0 atom stereocenters. The smallest absolute Gasteiger partial charge is 0.253 e. The monoisotopic (exact) mass is 401 g/mol. The number of fused-ring (bicyclic) bond motifs is 1. The average Bonchev–Trinajstić information content (AvgIpc) is 3.23. The number of hydrogen-bond donors (Lipinski definition) is 0. The maximum Gasteiger partial charge on any atom is 0.253 e. The van der Waals surface area contributed by atoms with Crippen LogP contribution in [0.25, 0.3) is 0 Å². The van der Waals surface area contributed by atoms with Crippen molar-refractivity contribution in [1.82, 2.24) is 4.90 Å². The molecule has 0 aliphatic carbocycles. The van der Waals surface area contributed by atoms with Crippen molar-refractivity contribution in [2.45, 2.75) is 13.1 Å². The van der Waals surface area contributed by atoms with Gasteiger partial charge < -0.3 is 14.7 Å². The fourth-order valence-electron chi connectivity index (χ4n) is 4.35. The minimum Gasteiger partial charge on any atom is -0.368 e. The Kier molecular flexibility index (Phi) is 4.87. The van der Waals surface area contributed by atoms with Crippen LogP contribution in [0.4, 0.5) is 15.8 Å². The molecule has 30 heavy (non-hydrogen) atoms. The maximum atomic E-state index is 13.5. The minimum absolute atomic E-state index is 0.0603. The summed E-state index contributed by atoms with van der Waals surface area (Å²) in [5.41, 5.74) is 5.47. The lowest BCUT2D eigenvalue weighted by atomic mass is 10.1. The summed E-state index contributed by atoms with van der Waals surface area (Å²) in [6, 6.07) is 23.1. The van der Waals surface area contributed by atoms with E-state index in [4.69, 9.17) is 0 Å². The van der Waals surface area contributed by atoms with E-state index in [2.05, 4.69) is 34.1 Å². The number of hydrogen-bond acceptors (Lipinski definition) is 3. The molecule has 1 amide bonds. The van der Waals surface area contributed by atoms with Crippen LogP contribution in [0.3, 0.4) is 0 Å². The molecule has 2 aliphatic rings. The molecule has 152 valence electrons. The summed E-state index contributed by atoms with van der Waals surface area (Å²) in [6.07, 6.45) is 0. The fourth-order valence-corrected chi connectivity index (χ4v) is 4.35. The number of anilines is 2. The van der Waals surface area contributed by atoms with Gasteiger partial charge in [-0.15, -0.1) is 0 Å². The third-order valence-corrected chi connectivity index (χ3v) is 6.06. The maximum absolute atomic E-state index is 13.5. The van der Waals surface area contributed by atoms with E-state index in [1.807, 2.05) is 35.2 Å². The van der Waals surface area contributed by atoms with Gasteiger partial charge in [-0.3, -0.25) is 4.79 Å². The van der Waals surface area contributed by atoms with E-state index in [1.165, 1.54) is 17.2 Å². The number of rotatable bonds is 3. The summed E-state index contributed by atoms with van der Waals surface area (Å²) in [5.74, 6) is -0.169. The van der Waals surface area contributed by atoms with Gasteiger partial charge in [-0.1, -0.05) is 30.3 Å². The quantitative estimate of drug-likeness (QED) is 0.654. The van der Waals surface area contributed by atoms with Gasteiger partial charge in [-0.2, -0.15) is 0 Å². The number of halogens is 1. The van der Waals surface area contributed by atoms with Gasteiger partial charge in [0.1, 0.15) is 5.82 Å². The first kappa shape index (κ1) is 18.7. The summed E-state index contributed by atoms with van der Waals surface area (Å²) in [4.78, 5) is 19.3. The molecule has 0 unspecified atom stereocenters. The molecular formula is C25H24FN3O. The normalized spacial score (nSPS) is 16.0. The SMILES string of the molecule is O=C(c1ccc(N2Cc3ccccc3C2)cc1)N1CCN(c2cccc(F)c2)CC1. The lowest BCUT2D eigenvalue weighted by molar-refractivity contribution is 0.0747. The van der Waals surface area contributed by atoms with Crippen molar-refractivity contribution in [2.24, 2.45) is 0 Å². The predicted octanol–water partition coefficient (Wildman–Crippen LogP) is 4.31. The molecule has 2 heterocycles. The van der Waals surface area contributed by atoms with Crippen molar-refractivity contribution >= 4 is 17.3 Å². The number of nitrogens with zero attached hydrogens (tertiary/aromatic N) is 3. The van der Waals surface area contributed by atoms with E-state index in [1.54, 1.807) is 12.1 Å². The Morgan fingerprint density at radius 2 is 1.37 bits per heavy atom. The number of benzene rings is 3. The summed E-state index contributed by atoms with van der Waals surface area (Å²) in [5, 5.41) is 0. The van der Waals surface area contributed by atoms with Gasteiger partial charge in [0.05, 0.1) is 0 Å². The van der Waals surface area contributed by atoms with Crippen molar-refractivity contribution in [1.29, 1.82) is 0 Å². The summed E-state index contributed by atoms with van der Waals surface area (Å²) < 4.78 is 13.5. The topological polar surface area (TPSA) is 26.8 Å².